The molecule has 0 spiro atoms. The molecule has 1 fully saturated rings. The summed E-state index contributed by atoms with van der Waals surface area (Å²) in [6.45, 7) is 7.68. The number of rotatable bonds is 11. The third-order valence-electron chi connectivity index (χ3n) is 5.48. The van der Waals surface area contributed by atoms with Crippen molar-refractivity contribution in [1.82, 2.24) is 10.1 Å². The quantitative estimate of drug-likeness (QED) is 0.222. The lowest BCUT2D eigenvalue weighted by Crippen LogP contribution is -2.55. The monoisotopic (exact) mass is 562 g/mol. The van der Waals surface area contributed by atoms with Gasteiger partial charge in [0.05, 0.1) is 12.7 Å². The molecule has 15 heteroatoms. The zero-order chi connectivity index (χ0) is 28.8. The molecule has 2 heterocycles. The predicted octanol–water partition coefficient (Wildman–Crippen LogP) is 1.15. The minimum atomic E-state index is -4.32. The molecule has 0 amide bonds. The number of aliphatic hydroxyl groups excluding tert-OH is 2. The van der Waals surface area contributed by atoms with Crippen LogP contribution in [0.1, 0.15) is 20.8 Å². The van der Waals surface area contributed by atoms with E-state index in [0.29, 0.717) is 0 Å². The van der Waals surface area contributed by atoms with Gasteiger partial charge in [-0.2, -0.15) is 15.5 Å². The number of nitrogens with one attached hydrogen (secondary N) is 1. The van der Waals surface area contributed by atoms with Crippen LogP contribution in [0.3, 0.4) is 0 Å². The summed E-state index contributed by atoms with van der Waals surface area (Å²) in [7, 11) is -4.32. The first kappa shape index (κ1) is 30.0. The van der Waals surface area contributed by atoms with Crippen molar-refractivity contribution in [3.05, 3.63) is 54.8 Å². The van der Waals surface area contributed by atoms with E-state index in [1.165, 1.54) is 31.2 Å². The Morgan fingerprint density at radius 3 is 2.69 bits per heavy atom. The van der Waals surface area contributed by atoms with Crippen LogP contribution >= 0.6 is 7.75 Å². The van der Waals surface area contributed by atoms with Crippen LogP contribution in [-0.2, 0) is 23.4 Å². The van der Waals surface area contributed by atoms with Crippen LogP contribution < -0.4 is 15.3 Å². The number of aliphatic hydroxyl groups is 2. The van der Waals surface area contributed by atoms with E-state index in [4.69, 9.17) is 24.3 Å². The van der Waals surface area contributed by atoms with Gasteiger partial charge in [-0.3, -0.25) is 9.32 Å². The fourth-order valence-electron chi connectivity index (χ4n) is 3.67. The van der Waals surface area contributed by atoms with Crippen LogP contribution in [0.15, 0.2) is 64.9 Å². The molecule has 0 aromatic heterocycles. The van der Waals surface area contributed by atoms with Gasteiger partial charge in [0, 0.05) is 0 Å². The molecule has 0 radical (unpaired) electrons. The predicted molar refractivity (Wildman–Crippen MR) is 140 cm³/mol. The van der Waals surface area contributed by atoms with Crippen LogP contribution in [0.2, 0.25) is 0 Å². The average molecular weight is 563 g/mol. The number of para-hydroxylation sites is 1. The molecule has 0 bridgehead atoms. The molecule has 14 nitrogen and oxygen atoms in total. The highest BCUT2D eigenvalue weighted by atomic mass is 31.2. The number of amidine groups is 1. The van der Waals surface area contributed by atoms with Gasteiger partial charge in [0.15, 0.2) is 5.84 Å². The molecule has 3 rings (SSSR count). The first-order chi connectivity index (χ1) is 18.5. The first-order valence-electron chi connectivity index (χ1n) is 11.9. The molecule has 2 aliphatic heterocycles. The smallest absolute Gasteiger partial charge is 0.459 e. The zero-order valence-electron chi connectivity index (χ0n) is 21.6. The number of hydrogen-bond donors (Lipinski definition) is 4. The fourth-order valence-corrected chi connectivity index (χ4v) is 5.17. The van der Waals surface area contributed by atoms with Crippen molar-refractivity contribution < 1.29 is 38.1 Å². The molecule has 210 valence electrons. The number of hydrazone groups is 1. The van der Waals surface area contributed by atoms with E-state index in [1.807, 2.05) is 6.07 Å². The number of benzene rings is 1. The fraction of sp³-hybridized carbons (Fsp3) is 0.417. The first-order valence-corrected chi connectivity index (χ1v) is 13.4. The van der Waals surface area contributed by atoms with Crippen LogP contribution in [0.5, 0.6) is 5.75 Å². The highest BCUT2D eigenvalue weighted by Crippen LogP contribution is 2.46. The van der Waals surface area contributed by atoms with E-state index >= 15 is 0 Å². The SMILES string of the molecule is C=C/C=C1/C(N)=NC=NN1[C@]1(C#N)O[C@H](CO[P@@](=O)(N[C@@H](C)C(=O)OC(C)C)Oc2ccccc2)[C@@H](O)[C@H]1O. The van der Waals surface area contributed by atoms with Gasteiger partial charge >= 0.3 is 13.7 Å². The van der Waals surface area contributed by atoms with Crippen molar-refractivity contribution in [2.24, 2.45) is 15.8 Å². The molecule has 0 aliphatic carbocycles. The van der Waals surface area contributed by atoms with Gasteiger partial charge in [-0.15, -0.1) is 0 Å². The van der Waals surface area contributed by atoms with Gasteiger partial charge in [0.1, 0.15) is 48.2 Å². The van der Waals surface area contributed by atoms with Crippen molar-refractivity contribution >= 4 is 25.9 Å². The Morgan fingerprint density at radius 2 is 2.08 bits per heavy atom. The summed E-state index contributed by atoms with van der Waals surface area (Å²) in [6.07, 6.45) is -1.55. The van der Waals surface area contributed by atoms with Crippen molar-refractivity contribution in [2.75, 3.05) is 6.61 Å². The minimum Gasteiger partial charge on any atom is -0.462 e. The van der Waals surface area contributed by atoms with Crippen LogP contribution in [0.25, 0.3) is 0 Å². The number of allylic oxidation sites excluding steroid dienone is 2. The number of esters is 1. The number of carbonyl (C=O) groups is 1. The van der Waals surface area contributed by atoms with Gasteiger partial charge in [-0.05, 0) is 39.0 Å². The maximum atomic E-state index is 13.7. The lowest BCUT2D eigenvalue weighted by atomic mass is 10.0. The summed E-state index contributed by atoms with van der Waals surface area (Å²) in [4.78, 5) is 16.2. The molecule has 5 N–H and O–H groups in total. The standard InChI is InChI=1S/C24H31N6O8P/c1-5-9-18-22(26)27-14-28-30(18)24(13-25)21(32)20(31)19(37-24)12-35-39(34,38-17-10-7-6-8-11-17)29-16(4)23(33)36-15(2)3/h5-11,14-16,19-21,31-32H,1,12H2,2-4H3,(H,29,34)(H2,26,27,28)/b18-9-/t16-,19+,20+,21+,24+,39-/m0/s1. The van der Waals surface area contributed by atoms with Gasteiger partial charge in [0.25, 0.3) is 5.72 Å². The Labute approximate surface area is 225 Å². The Bertz CT molecular complexity index is 1230. The van der Waals surface area contributed by atoms with Crippen LogP contribution in [0.4, 0.5) is 0 Å². The van der Waals surface area contributed by atoms with Crippen LogP contribution in [0, 0.1) is 11.3 Å². The number of nitriles is 1. The second kappa shape index (κ2) is 12.5. The molecule has 0 unspecified atom stereocenters. The molecule has 1 aromatic carbocycles. The van der Waals surface area contributed by atoms with Crippen molar-refractivity contribution in [2.45, 2.75) is 57.0 Å². The summed E-state index contributed by atoms with van der Waals surface area (Å²) in [5, 5.41) is 39.2. The van der Waals surface area contributed by atoms with Gasteiger partial charge < -0.3 is 29.9 Å². The van der Waals surface area contributed by atoms with Gasteiger partial charge in [-0.25, -0.2) is 14.6 Å². The van der Waals surface area contributed by atoms with Gasteiger partial charge in [-0.1, -0.05) is 30.9 Å². The number of hydrogen-bond acceptors (Lipinski definition) is 13. The summed E-state index contributed by atoms with van der Waals surface area (Å²) >= 11 is 0. The molecule has 6 atom stereocenters. The van der Waals surface area contributed by atoms with E-state index in [-0.39, 0.29) is 17.3 Å². The normalized spacial score (nSPS) is 27.9. The Kier molecular flexibility index (Phi) is 9.63. The number of nitrogens with two attached hydrogens (primary N) is 1. The third kappa shape index (κ3) is 6.72. The number of nitrogens with zero attached hydrogens (tertiary/aromatic N) is 4. The Morgan fingerprint density at radius 1 is 1.38 bits per heavy atom. The van der Waals surface area contributed by atoms with E-state index in [1.54, 1.807) is 32.0 Å². The van der Waals surface area contributed by atoms with E-state index in [9.17, 15) is 24.8 Å². The van der Waals surface area contributed by atoms with E-state index < -0.39 is 56.5 Å². The second-order valence-electron chi connectivity index (χ2n) is 8.78. The summed E-state index contributed by atoms with van der Waals surface area (Å²) in [5.74, 6) is -0.587. The largest absolute Gasteiger partial charge is 0.462 e. The highest BCUT2D eigenvalue weighted by molar-refractivity contribution is 7.52. The van der Waals surface area contributed by atoms with Crippen molar-refractivity contribution in [3.8, 4) is 11.8 Å². The third-order valence-corrected chi connectivity index (χ3v) is 7.12. The summed E-state index contributed by atoms with van der Waals surface area (Å²) in [5.41, 5.74) is 3.73. The lowest BCUT2D eigenvalue weighted by molar-refractivity contribution is -0.149. The van der Waals surface area contributed by atoms with Crippen LogP contribution in [-0.4, -0.2) is 76.2 Å². The molecule has 0 saturated carbocycles. The minimum absolute atomic E-state index is 0.0447. The summed E-state index contributed by atoms with van der Waals surface area (Å²) in [6, 6.07) is 8.76. The van der Waals surface area contributed by atoms with E-state index in [0.717, 1.165) is 11.3 Å². The molecular weight excluding hydrogens is 531 g/mol. The Hall–Kier alpha value is -3.57. The lowest BCUT2D eigenvalue weighted by Gasteiger charge is -2.36. The molecular formula is C24H31N6O8P. The molecule has 1 saturated heterocycles. The molecule has 39 heavy (non-hydrogen) atoms. The maximum absolute atomic E-state index is 13.7. The molecule has 2 aliphatic rings. The molecule has 1 aromatic rings. The van der Waals surface area contributed by atoms with Crippen molar-refractivity contribution in [1.29, 1.82) is 5.26 Å². The second-order valence-corrected chi connectivity index (χ2v) is 10.5. The number of ether oxygens (including phenoxy) is 2. The van der Waals surface area contributed by atoms with Gasteiger partial charge in [0.2, 0.25) is 0 Å². The Balaban J connectivity index is 1.84. The summed E-state index contributed by atoms with van der Waals surface area (Å²) < 4.78 is 35.8. The number of carbonyl (C=O) groups excluding carboxylic acids is 1. The zero-order valence-corrected chi connectivity index (χ0v) is 22.5. The van der Waals surface area contributed by atoms with Crippen molar-refractivity contribution in [3.63, 3.8) is 0 Å². The van der Waals surface area contributed by atoms with E-state index in [2.05, 4.69) is 21.8 Å². The maximum Gasteiger partial charge on any atom is 0.459 e. The highest BCUT2D eigenvalue weighted by Gasteiger charge is 2.60. The topological polar surface area (TPSA) is 201 Å². The average Bonchev–Trinajstić information content (AvgIpc) is 3.14. The number of aliphatic imine (C=N–C) groups is 1.